The second-order valence-corrected chi connectivity index (χ2v) is 3.55. The highest BCUT2D eigenvalue weighted by atomic mass is 19.1. The molecule has 0 spiro atoms. The molecule has 1 N–H and O–H groups in total. The van der Waals surface area contributed by atoms with Crippen molar-refractivity contribution < 1.29 is 9.13 Å². The summed E-state index contributed by atoms with van der Waals surface area (Å²) in [6.07, 6.45) is 3.93. The van der Waals surface area contributed by atoms with E-state index < -0.39 is 0 Å². The van der Waals surface area contributed by atoms with Crippen LogP contribution in [0, 0.1) is 5.82 Å². The maximum atomic E-state index is 13.0. The largest absolute Gasteiger partial charge is 0.479 e. The van der Waals surface area contributed by atoms with Gasteiger partial charge in [0.2, 0.25) is 0 Å². The van der Waals surface area contributed by atoms with Gasteiger partial charge in [0, 0.05) is 17.0 Å². The third-order valence-electron chi connectivity index (χ3n) is 2.36. The molecule has 2 aromatic rings. The van der Waals surface area contributed by atoms with E-state index in [-0.39, 0.29) is 5.82 Å². The number of H-pyrrole nitrogens is 1. The molecule has 0 saturated heterocycles. The van der Waals surface area contributed by atoms with Crippen molar-refractivity contribution in [2.24, 2.45) is 0 Å². The van der Waals surface area contributed by atoms with Crippen LogP contribution in [-0.4, -0.2) is 11.6 Å². The lowest BCUT2D eigenvalue weighted by Gasteiger charge is -2.02. The lowest BCUT2D eigenvalue weighted by molar-refractivity contribution is 0.303. The minimum atomic E-state index is -0.234. The monoisotopic (exact) mass is 207 g/mol. The van der Waals surface area contributed by atoms with E-state index >= 15 is 0 Å². The van der Waals surface area contributed by atoms with E-state index in [9.17, 15) is 4.39 Å². The van der Waals surface area contributed by atoms with Gasteiger partial charge < -0.3 is 9.72 Å². The minimum Gasteiger partial charge on any atom is -0.479 e. The Labute approximate surface area is 88.1 Å². The summed E-state index contributed by atoms with van der Waals surface area (Å²) in [6, 6.07) is 4.69. The van der Waals surface area contributed by atoms with E-state index in [1.165, 1.54) is 12.1 Å². The van der Waals surface area contributed by atoms with Crippen molar-refractivity contribution in [3.05, 3.63) is 30.2 Å². The Balaban J connectivity index is 2.23. The first-order valence-corrected chi connectivity index (χ1v) is 5.20. The second-order valence-electron chi connectivity index (χ2n) is 3.55. The van der Waals surface area contributed by atoms with Crippen molar-refractivity contribution in [3.8, 4) is 5.88 Å². The number of fused-ring (bicyclic) bond motifs is 1. The predicted molar refractivity (Wildman–Crippen MR) is 58.7 cm³/mol. The molecule has 1 heterocycles. The first kappa shape index (κ1) is 10.0. The molecule has 0 unspecified atom stereocenters. The van der Waals surface area contributed by atoms with Gasteiger partial charge in [0.1, 0.15) is 5.82 Å². The van der Waals surface area contributed by atoms with E-state index in [4.69, 9.17) is 4.74 Å². The van der Waals surface area contributed by atoms with Crippen LogP contribution in [0.5, 0.6) is 5.88 Å². The summed E-state index contributed by atoms with van der Waals surface area (Å²) in [6.45, 7) is 2.78. The number of hydrogen-bond donors (Lipinski definition) is 1. The molecule has 0 aliphatic rings. The Morgan fingerprint density at radius 2 is 2.27 bits per heavy atom. The van der Waals surface area contributed by atoms with Crippen LogP contribution < -0.4 is 4.74 Å². The number of halogens is 1. The van der Waals surface area contributed by atoms with Gasteiger partial charge >= 0.3 is 0 Å². The quantitative estimate of drug-likeness (QED) is 0.763. The zero-order valence-electron chi connectivity index (χ0n) is 8.72. The third kappa shape index (κ3) is 2.12. The molecule has 0 aliphatic carbocycles. The van der Waals surface area contributed by atoms with E-state index in [1.807, 2.05) is 6.20 Å². The summed E-state index contributed by atoms with van der Waals surface area (Å²) in [5.74, 6) is 0.431. The number of rotatable bonds is 4. The Bertz CT molecular complexity index is 450. The van der Waals surface area contributed by atoms with Gasteiger partial charge in [0.15, 0.2) is 5.88 Å². The topological polar surface area (TPSA) is 25.0 Å². The number of unbranched alkanes of at least 4 members (excludes halogenated alkanes) is 1. The van der Waals surface area contributed by atoms with Crippen molar-refractivity contribution in [1.82, 2.24) is 4.98 Å². The molecule has 80 valence electrons. The van der Waals surface area contributed by atoms with Crippen molar-refractivity contribution >= 4 is 10.8 Å². The number of benzene rings is 1. The highest BCUT2D eigenvalue weighted by Gasteiger charge is 2.05. The summed E-state index contributed by atoms with van der Waals surface area (Å²) >= 11 is 0. The molecule has 0 aliphatic heterocycles. The molecule has 0 atom stereocenters. The Morgan fingerprint density at radius 1 is 1.40 bits per heavy atom. The van der Waals surface area contributed by atoms with Gasteiger partial charge in [-0.1, -0.05) is 13.3 Å². The van der Waals surface area contributed by atoms with Crippen LogP contribution in [0.1, 0.15) is 19.8 Å². The fourth-order valence-electron chi connectivity index (χ4n) is 1.51. The molecule has 1 aromatic carbocycles. The van der Waals surface area contributed by atoms with Crippen LogP contribution in [0.3, 0.4) is 0 Å². The highest BCUT2D eigenvalue weighted by Crippen LogP contribution is 2.25. The van der Waals surface area contributed by atoms with Gasteiger partial charge in [-0.25, -0.2) is 4.39 Å². The summed E-state index contributed by atoms with van der Waals surface area (Å²) in [4.78, 5) is 3.01. The lowest BCUT2D eigenvalue weighted by atomic mass is 10.2. The van der Waals surface area contributed by atoms with Crippen LogP contribution in [0.2, 0.25) is 0 Å². The van der Waals surface area contributed by atoms with Crippen LogP contribution in [-0.2, 0) is 0 Å². The van der Waals surface area contributed by atoms with Crippen LogP contribution in [0.4, 0.5) is 4.39 Å². The summed E-state index contributed by atoms with van der Waals surface area (Å²) < 4.78 is 18.5. The van der Waals surface area contributed by atoms with Crippen molar-refractivity contribution in [2.75, 3.05) is 6.61 Å². The molecular weight excluding hydrogens is 193 g/mol. The molecule has 15 heavy (non-hydrogen) atoms. The molecule has 0 fully saturated rings. The van der Waals surface area contributed by atoms with Gasteiger partial charge in [-0.3, -0.25) is 0 Å². The fraction of sp³-hybridized carbons (Fsp3) is 0.333. The van der Waals surface area contributed by atoms with Crippen molar-refractivity contribution in [1.29, 1.82) is 0 Å². The number of aromatic nitrogens is 1. The highest BCUT2D eigenvalue weighted by molar-refractivity contribution is 5.87. The molecule has 2 rings (SSSR count). The van der Waals surface area contributed by atoms with Crippen LogP contribution in [0.25, 0.3) is 10.8 Å². The predicted octanol–water partition coefficient (Wildman–Crippen LogP) is 3.49. The first-order valence-electron chi connectivity index (χ1n) is 5.20. The normalized spacial score (nSPS) is 10.8. The average Bonchev–Trinajstić information content (AvgIpc) is 2.62. The van der Waals surface area contributed by atoms with Gasteiger partial charge in [0.25, 0.3) is 0 Å². The number of aromatic amines is 1. The van der Waals surface area contributed by atoms with Crippen LogP contribution in [0.15, 0.2) is 24.4 Å². The maximum Gasteiger partial charge on any atom is 0.198 e. The lowest BCUT2D eigenvalue weighted by Crippen LogP contribution is -1.96. The van der Waals surface area contributed by atoms with E-state index in [0.29, 0.717) is 12.5 Å². The Morgan fingerprint density at radius 3 is 3.07 bits per heavy atom. The van der Waals surface area contributed by atoms with Crippen molar-refractivity contribution in [3.63, 3.8) is 0 Å². The maximum absolute atomic E-state index is 13.0. The fourth-order valence-corrected chi connectivity index (χ4v) is 1.51. The minimum absolute atomic E-state index is 0.234. The van der Waals surface area contributed by atoms with Crippen molar-refractivity contribution in [2.45, 2.75) is 19.8 Å². The SMILES string of the molecule is CCCCOc1[nH]cc2ccc(F)cc12. The molecule has 0 saturated carbocycles. The molecular formula is C12H14FNO. The van der Waals surface area contributed by atoms with Gasteiger partial charge in [-0.15, -0.1) is 0 Å². The van der Waals surface area contributed by atoms with E-state index in [2.05, 4.69) is 11.9 Å². The van der Waals surface area contributed by atoms with E-state index in [1.54, 1.807) is 6.07 Å². The average molecular weight is 207 g/mol. The smallest absolute Gasteiger partial charge is 0.198 e. The molecule has 0 amide bonds. The number of nitrogens with one attached hydrogen (secondary N) is 1. The Kier molecular flexibility index (Phi) is 2.90. The number of hydrogen-bond acceptors (Lipinski definition) is 1. The molecule has 0 radical (unpaired) electrons. The third-order valence-corrected chi connectivity index (χ3v) is 2.36. The zero-order valence-corrected chi connectivity index (χ0v) is 8.72. The molecule has 2 nitrogen and oxygen atoms in total. The summed E-state index contributed by atoms with van der Waals surface area (Å²) in [5, 5.41) is 1.79. The Hall–Kier alpha value is -1.51. The van der Waals surface area contributed by atoms with Gasteiger partial charge in [0.05, 0.1) is 6.61 Å². The first-order chi connectivity index (χ1) is 7.31. The molecule has 0 bridgehead atoms. The number of ether oxygens (including phenoxy) is 1. The summed E-state index contributed by atoms with van der Waals surface area (Å²) in [5.41, 5.74) is 0. The van der Waals surface area contributed by atoms with Gasteiger partial charge in [-0.2, -0.15) is 0 Å². The van der Waals surface area contributed by atoms with Gasteiger partial charge in [-0.05, 0) is 24.6 Å². The zero-order chi connectivity index (χ0) is 10.7. The molecule has 3 heteroatoms. The van der Waals surface area contributed by atoms with E-state index in [0.717, 1.165) is 23.6 Å². The second kappa shape index (κ2) is 4.34. The summed E-state index contributed by atoms with van der Waals surface area (Å²) in [7, 11) is 0. The van der Waals surface area contributed by atoms with Crippen LogP contribution >= 0.6 is 0 Å². The molecule has 1 aromatic heterocycles. The standard InChI is InChI=1S/C12H14FNO/c1-2-3-6-15-12-11-7-10(13)5-4-9(11)8-14-12/h4-5,7-8,14H,2-3,6H2,1H3.